The van der Waals surface area contributed by atoms with Gasteiger partial charge in [-0.1, -0.05) is 0 Å². The third kappa shape index (κ3) is 6.21. The van der Waals surface area contributed by atoms with Crippen LogP contribution < -0.4 is 10.6 Å². The van der Waals surface area contributed by atoms with Crippen molar-refractivity contribution in [3.8, 4) is 0 Å². The van der Waals surface area contributed by atoms with Crippen LogP contribution in [0.2, 0.25) is 0 Å². The first kappa shape index (κ1) is 15.2. The first-order valence-electron chi connectivity index (χ1n) is 6.66. The number of rotatable bonds is 6. The van der Waals surface area contributed by atoms with E-state index < -0.39 is 5.60 Å². The lowest BCUT2D eigenvalue weighted by molar-refractivity contribution is -0.0204. The van der Waals surface area contributed by atoms with Crippen molar-refractivity contribution in [1.29, 1.82) is 0 Å². The van der Waals surface area contributed by atoms with E-state index in [9.17, 15) is 4.79 Å². The molecule has 0 atom stereocenters. The zero-order valence-corrected chi connectivity index (χ0v) is 11.9. The van der Waals surface area contributed by atoms with Crippen LogP contribution in [0.3, 0.4) is 0 Å². The van der Waals surface area contributed by atoms with Gasteiger partial charge in [-0.2, -0.15) is 0 Å². The van der Waals surface area contributed by atoms with Crippen LogP contribution in [0.5, 0.6) is 0 Å². The fraction of sp³-hybridized carbons (Fsp3) is 0.923. The fourth-order valence-electron chi connectivity index (χ4n) is 1.79. The molecule has 0 aliphatic heterocycles. The van der Waals surface area contributed by atoms with Crippen molar-refractivity contribution in [2.24, 2.45) is 0 Å². The van der Waals surface area contributed by atoms with Gasteiger partial charge in [0.05, 0.1) is 6.10 Å². The van der Waals surface area contributed by atoms with Gasteiger partial charge >= 0.3 is 6.09 Å². The summed E-state index contributed by atoms with van der Waals surface area (Å²) in [5.41, 5.74) is -0.434. The third-order valence-corrected chi connectivity index (χ3v) is 2.74. The fourth-order valence-corrected chi connectivity index (χ4v) is 1.79. The van der Waals surface area contributed by atoms with Crippen LogP contribution in [0, 0.1) is 0 Å². The highest BCUT2D eigenvalue weighted by atomic mass is 16.6. The quantitative estimate of drug-likeness (QED) is 0.712. The molecule has 1 fully saturated rings. The van der Waals surface area contributed by atoms with Crippen LogP contribution in [0.1, 0.15) is 40.0 Å². The van der Waals surface area contributed by atoms with Crippen molar-refractivity contribution in [2.45, 2.75) is 57.8 Å². The van der Waals surface area contributed by atoms with Crippen molar-refractivity contribution >= 4 is 6.09 Å². The van der Waals surface area contributed by atoms with Crippen molar-refractivity contribution in [2.75, 3.05) is 20.2 Å². The summed E-state index contributed by atoms with van der Waals surface area (Å²) in [5.74, 6) is 0. The predicted molar refractivity (Wildman–Crippen MR) is 70.7 cm³/mol. The largest absolute Gasteiger partial charge is 0.444 e. The third-order valence-electron chi connectivity index (χ3n) is 2.74. The number of hydrogen-bond donors (Lipinski definition) is 2. The van der Waals surface area contributed by atoms with Crippen LogP contribution in [0.25, 0.3) is 0 Å². The molecule has 2 N–H and O–H groups in total. The van der Waals surface area contributed by atoms with Crippen molar-refractivity contribution in [3.05, 3.63) is 0 Å². The summed E-state index contributed by atoms with van der Waals surface area (Å²) in [6.45, 7) is 7.35. The minimum Gasteiger partial charge on any atom is -0.444 e. The van der Waals surface area contributed by atoms with Gasteiger partial charge < -0.3 is 20.1 Å². The number of carbonyl (C=O) groups excluding carboxylic acids is 1. The molecule has 106 valence electrons. The molecule has 0 radical (unpaired) electrons. The van der Waals surface area contributed by atoms with Crippen LogP contribution in [-0.4, -0.2) is 44.0 Å². The van der Waals surface area contributed by atoms with Gasteiger partial charge in [0.2, 0.25) is 0 Å². The second kappa shape index (κ2) is 6.95. The van der Waals surface area contributed by atoms with Gasteiger partial charge in [-0.25, -0.2) is 4.79 Å². The average molecular weight is 258 g/mol. The molecule has 5 nitrogen and oxygen atoms in total. The summed E-state index contributed by atoms with van der Waals surface area (Å²) in [6, 6.07) is 0.203. The summed E-state index contributed by atoms with van der Waals surface area (Å²) in [5, 5.41) is 5.93. The molecule has 1 aliphatic carbocycles. The molecule has 1 amide bonds. The molecule has 0 saturated heterocycles. The van der Waals surface area contributed by atoms with E-state index >= 15 is 0 Å². The number of alkyl carbamates (subject to hydrolysis) is 1. The summed E-state index contributed by atoms with van der Waals surface area (Å²) in [4.78, 5) is 11.5. The molecular formula is C13H26N2O3. The molecule has 0 bridgehead atoms. The molecule has 1 aliphatic rings. The minimum atomic E-state index is -0.434. The van der Waals surface area contributed by atoms with E-state index in [0.717, 1.165) is 32.4 Å². The molecule has 1 saturated carbocycles. The highest BCUT2D eigenvalue weighted by Crippen LogP contribution is 2.23. The average Bonchev–Trinajstić information content (AvgIpc) is 2.17. The van der Waals surface area contributed by atoms with E-state index in [4.69, 9.17) is 9.47 Å². The molecule has 0 aromatic heterocycles. The van der Waals surface area contributed by atoms with Crippen LogP contribution in [-0.2, 0) is 9.47 Å². The van der Waals surface area contributed by atoms with Gasteiger partial charge in [-0.05, 0) is 53.6 Å². The Morgan fingerprint density at radius 2 is 2.00 bits per heavy atom. The Morgan fingerprint density at radius 3 is 2.56 bits per heavy atom. The van der Waals surface area contributed by atoms with E-state index in [0.29, 0.717) is 6.10 Å². The van der Waals surface area contributed by atoms with E-state index in [1.54, 1.807) is 0 Å². The summed E-state index contributed by atoms with van der Waals surface area (Å²) >= 11 is 0. The predicted octanol–water partition coefficient (Wildman–Crippen LogP) is 1.67. The maximum Gasteiger partial charge on any atom is 0.407 e. The standard InChI is InChI=1S/C13H26N2O3/c1-13(2,3)18-12(16)15-10-8-11(9-10)17-7-5-6-14-4/h10-11,14H,5-9H2,1-4H3,(H,15,16). The number of ether oxygens (including phenoxy) is 2. The Labute approximate surface area is 110 Å². The van der Waals surface area contributed by atoms with Crippen molar-refractivity contribution in [3.63, 3.8) is 0 Å². The van der Waals surface area contributed by atoms with Gasteiger partial charge in [-0.15, -0.1) is 0 Å². The van der Waals surface area contributed by atoms with Crippen LogP contribution in [0.15, 0.2) is 0 Å². The van der Waals surface area contributed by atoms with E-state index in [-0.39, 0.29) is 12.1 Å². The monoisotopic (exact) mass is 258 g/mol. The van der Waals surface area contributed by atoms with Crippen molar-refractivity contribution < 1.29 is 14.3 Å². The summed E-state index contributed by atoms with van der Waals surface area (Å²) in [7, 11) is 1.93. The topological polar surface area (TPSA) is 59.6 Å². The zero-order chi connectivity index (χ0) is 13.6. The maximum absolute atomic E-state index is 11.5. The van der Waals surface area contributed by atoms with Gasteiger partial charge in [0.25, 0.3) is 0 Å². The summed E-state index contributed by atoms with van der Waals surface area (Å²) < 4.78 is 10.9. The SMILES string of the molecule is CNCCCOC1CC(NC(=O)OC(C)(C)C)C1. The Kier molecular flexibility index (Phi) is 5.88. The van der Waals surface area contributed by atoms with E-state index in [1.165, 1.54) is 0 Å². The Hall–Kier alpha value is -0.810. The number of hydrogen-bond acceptors (Lipinski definition) is 4. The molecule has 0 heterocycles. The molecule has 0 aromatic carbocycles. The van der Waals surface area contributed by atoms with Crippen molar-refractivity contribution in [1.82, 2.24) is 10.6 Å². The van der Waals surface area contributed by atoms with Gasteiger partial charge in [0.1, 0.15) is 5.60 Å². The lowest BCUT2D eigenvalue weighted by atomic mass is 9.89. The maximum atomic E-state index is 11.5. The van der Waals surface area contributed by atoms with Gasteiger partial charge in [0, 0.05) is 12.6 Å². The molecule has 1 rings (SSSR count). The first-order valence-corrected chi connectivity index (χ1v) is 6.66. The smallest absolute Gasteiger partial charge is 0.407 e. The van der Waals surface area contributed by atoms with Gasteiger partial charge in [0.15, 0.2) is 0 Å². The lowest BCUT2D eigenvalue weighted by Gasteiger charge is -2.35. The van der Waals surface area contributed by atoms with E-state index in [1.807, 2.05) is 27.8 Å². The second-order valence-corrected chi connectivity index (χ2v) is 5.76. The Balaban J connectivity index is 2.03. The Bertz CT molecular complexity index is 257. The van der Waals surface area contributed by atoms with Crippen LogP contribution >= 0.6 is 0 Å². The second-order valence-electron chi connectivity index (χ2n) is 5.76. The summed E-state index contributed by atoms with van der Waals surface area (Å²) in [6.07, 6.45) is 2.76. The zero-order valence-electron chi connectivity index (χ0n) is 11.9. The molecule has 0 aromatic rings. The highest BCUT2D eigenvalue weighted by molar-refractivity contribution is 5.68. The van der Waals surface area contributed by atoms with Crippen LogP contribution in [0.4, 0.5) is 4.79 Å². The number of nitrogens with one attached hydrogen (secondary N) is 2. The lowest BCUT2D eigenvalue weighted by Crippen LogP contribution is -2.49. The molecule has 18 heavy (non-hydrogen) atoms. The number of carbonyl (C=O) groups is 1. The number of amides is 1. The molecule has 0 unspecified atom stereocenters. The van der Waals surface area contributed by atoms with E-state index in [2.05, 4.69) is 10.6 Å². The normalized spacial score (nSPS) is 23.3. The molecular weight excluding hydrogens is 232 g/mol. The molecule has 5 heteroatoms. The Morgan fingerprint density at radius 1 is 1.33 bits per heavy atom. The van der Waals surface area contributed by atoms with Gasteiger partial charge in [-0.3, -0.25) is 0 Å². The highest BCUT2D eigenvalue weighted by Gasteiger charge is 2.32. The minimum absolute atomic E-state index is 0.203. The molecule has 0 spiro atoms. The first-order chi connectivity index (χ1) is 8.40.